The summed E-state index contributed by atoms with van der Waals surface area (Å²) in [6, 6.07) is 0. The Labute approximate surface area is 69.2 Å². The van der Waals surface area contributed by atoms with E-state index < -0.39 is 5.67 Å². The lowest BCUT2D eigenvalue weighted by atomic mass is 9.88. The second-order valence-electron chi connectivity index (χ2n) is 4.04. The average molecular weight is 158 g/mol. The molecular formula is C10H19F. The molecular weight excluding hydrogens is 139 g/mol. The molecule has 0 spiro atoms. The van der Waals surface area contributed by atoms with E-state index in [2.05, 4.69) is 13.8 Å². The first-order valence-electron chi connectivity index (χ1n) is 4.81. The summed E-state index contributed by atoms with van der Waals surface area (Å²) >= 11 is 0. The number of hydrogen-bond donors (Lipinski definition) is 0. The lowest BCUT2D eigenvalue weighted by Crippen LogP contribution is -2.26. The Morgan fingerprint density at radius 1 is 1.45 bits per heavy atom. The minimum Gasteiger partial charge on any atom is -0.244 e. The van der Waals surface area contributed by atoms with Crippen LogP contribution in [-0.2, 0) is 0 Å². The van der Waals surface area contributed by atoms with Gasteiger partial charge in [-0.2, -0.15) is 0 Å². The molecule has 1 heteroatoms. The van der Waals surface area contributed by atoms with Crippen molar-refractivity contribution in [3.63, 3.8) is 0 Å². The van der Waals surface area contributed by atoms with Crippen molar-refractivity contribution in [2.75, 3.05) is 0 Å². The van der Waals surface area contributed by atoms with E-state index in [0.717, 1.165) is 19.3 Å². The third-order valence-corrected chi connectivity index (χ3v) is 3.19. The molecule has 0 aliphatic heterocycles. The molecule has 0 aromatic carbocycles. The van der Waals surface area contributed by atoms with Crippen molar-refractivity contribution in [3.8, 4) is 0 Å². The molecule has 0 radical (unpaired) electrons. The molecule has 0 aromatic heterocycles. The van der Waals surface area contributed by atoms with E-state index in [0.29, 0.717) is 18.3 Å². The van der Waals surface area contributed by atoms with E-state index in [1.165, 1.54) is 0 Å². The maximum atomic E-state index is 14.0. The average Bonchev–Trinajstić information content (AvgIpc) is 2.27. The highest BCUT2D eigenvalue weighted by molar-refractivity contribution is 4.93. The molecule has 1 saturated carbocycles. The van der Waals surface area contributed by atoms with Crippen molar-refractivity contribution in [2.45, 2.75) is 52.1 Å². The van der Waals surface area contributed by atoms with Gasteiger partial charge in [-0.3, -0.25) is 0 Å². The highest BCUT2D eigenvalue weighted by Gasteiger charge is 2.43. The molecule has 0 heterocycles. The number of rotatable bonds is 2. The summed E-state index contributed by atoms with van der Waals surface area (Å²) in [5, 5.41) is 0. The van der Waals surface area contributed by atoms with E-state index in [9.17, 15) is 4.39 Å². The van der Waals surface area contributed by atoms with Crippen LogP contribution in [0.5, 0.6) is 0 Å². The maximum absolute atomic E-state index is 14.0. The quantitative estimate of drug-likeness (QED) is 0.576. The fourth-order valence-electron chi connectivity index (χ4n) is 2.49. The Hall–Kier alpha value is -0.0700. The molecule has 1 aliphatic carbocycles. The fourth-order valence-corrected chi connectivity index (χ4v) is 2.49. The molecule has 66 valence electrons. The van der Waals surface area contributed by atoms with Gasteiger partial charge in [-0.05, 0) is 31.1 Å². The third-order valence-electron chi connectivity index (χ3n) is 3.19. The van der Waals surface area contributed by atoms with E-state index in [4.69, 9.17) is 0 Å². The van der Waals surface area contributed by atoms with Crippen LogP contribution in [0.15, 0.2) is 0 Å². The summed E-state index contributed by atoms with van der Waals surface area (Å²) in [5.74, 6) is 0.937. The van der Waals surface area contributed by atoms with Crippen LogP contribution in [0.3, 0.4) is 0 Å². The van der Waals surface area contributed by atoms with Gasteiger partial charge in [0.25, 0.3) is 0 Å². The smallest absolute Gasteiger partial charge is 0.113 e. The van der Waals surface area contributed by atoms with Crippen molar-refractivity contribution in [1.82, 2.24) is 0 Å². The van der Waals surface area contributed by atoms with Crippen LogP contribution < -0.4 is 0 Å². The SMILES string of the molecule is CCC1CC(C)CC1(F)CC. The Balaban J connectivity index is 2.63. The van der Waals surface area contributed by atoms with Gasteiger partial charge in [0.1, 0.15) is 5.67 Å². The highest BCUT2D eigenvalue weighted by Crippen LogP contribution is 2.45. The molecule has 11 heavy (non-hydrogen) atoms. The topological polar surface area (TPSA) is 0 Å². The van der Waals surface area contributed by atoms with Crippen LogP contribution in [0.4, 0.5) is 4.39 Å². The van der Waals surface area contributed by atoms with Crippen molar-refractivity contribution in [1.29, 1.82) is 0 Å². The number of alkyl halides is 1. The first-order chi connectivity index (χ1) is 5.12. The van der Waals surface area contributed by atoms with Gasteiger partial charge in [0.2, 0.25) is 0 Å². The molecule has 0 nitrogen and oxygen atoms in total. The lowest BCUT2D eigenvalue weighted by molar-refractivity contribution is 0.100. The number of hydrogen-bond acceptors (Lipinski definition) is 0. The van der Waals surface area contributed by atoms with Gasteiger partial charge in [0.15, 0.2) is 0 Å². The van der Waals surface area contributed by atoms with Crippen LogP contribution in [0.1, 0.15) is 46.5 Å². The second kappa shape index (κ2) is 3.12. The predicted octanol–water partition coefficient (Wildman–Crippen LogP) is 3.56. The van der Waals surface area contributed by atoms with Crippen LogP contribution in [0.2, 0.25) is 0 Å². The zero-order chi connectivity index (χ0) is 8.48. The minimum absolute atomic E-state index is 0.336. The van der Waals surface area contributed by atoms with Crippen LogP contribution in [0, 0.1) is 11.8 Å². The first-order valence-corrected chi connectivity index (χ1v) is 4.81. The van der Waals surface area contributed by atoms with Crippen LogP contribution in [0.25, 0.3) is 0 Å². The molecule has 3 unspecified atom stereocenters. The van der Waals surface area contributed by atoms with Crippen LogP contribution in [-0.4, -0.2) is 5.67 Å². The zero-order valence-corrected chi connectivity index (χ0v) is 7.86. The summed E-state index contributed by atoms with van der Waals surface area (Å²) in [5.41, 5.74) is -0.825. The minimum atomic E-state index is -0.825. The van der Waals surface area contributed by atoms with Gasteiger partial charge in [-0.1, -0.05) is 27.2 Å². The first kappa shape index (κ1) is 9.02. The molecule has 1 rings (SSSR count). The molecule has 0 bridgehead atoms. The number of halogens is 1. The summed E-state index contributed by atoms with van der Waals surface area (Å²) in [6.45, 7) is 6.24. The molecule has 3 atom stereocenters. The normalized spacial score (nSPS) is 44.7. The van der Waals surface area contributed by atoms with Gasteiger partial charge in [-0.25, -0.2) is 4.39 Å². The molecule has 1 aliphatic rings. The van der Waals surface area contributed by atoms with Crippen molar-refractivity contribution in [2.24, 2.45) is 11.8 Å². The van der Waals surface area contributed by atoms with Crippen molar-refractivity contribution >= 4 is 0 Å². The second-order valence-corrected chi connectivity index (χ2v) is 4.04. The summed E-state index contributed by atoms with van der Waals surface area (Å²) in [6.07, 6.45) is 3.60. The fraction of sp³-hybridized carbons (Fsp3) is 1.00. The van der Waals surface area contributed by atoms with Gasteiger partial charge in [-0.15, -0.1) is 0 Å². The van der Waals surface area contributed by atoms with Gasteiger partial charge >= 0.3 is 0 Å². The van der Waals surface area contributed by atoms with E-state index in [1.54, 1.807) is 0 Å². The van der Waals surface area contributed by atoms with E-state index >= 15 is 0 Å². The Bertz CT molecular complexity index is 133. The molecule has 0 N–H and O–H groups in total. The summed E-state index contributed by atoms with van der Waals surface area (Å²) in [7, 11) is 0. The summed E-state index contributed by atoms with van der Waals surface area (Å²) < 4.78 is 14.0. The van der Waals surface area contributed by atoms with E-state index in [1.807, 2.05) is 6.92 Å². The largest absolute Gasteiger partial charge is 0.244 e. The van der Waals surface area contributed by atoms with E-state index in [-0.39, 0.29) is 0 Å². The van der Waals surface area contributed by atoms with Crippen molar-refractivity contribution < 1.29 is 4.39 Å². The Kier molecular flexibility index (Phi) is 2.56. The third kappa shape index (κ3) is 1.57. The van der Waals surface area contributed by atoms with Gasteiger partial charge < -0.3 is 0 Å². The molecule has 0 aromatic rings. The van der Waals surface area contributed by atoms with Gasteiger partial charge in [0.05, 0.1) is 0 Å². The standard InChI is InChI=1S/C10H19F/c1-4-9-6-8(3)7-10(9,11)5-2/h8-9H,4-7H2,1-3H3. The molecule has 0 amide bonds. The monoisotopic (exact) mass is 158 g/mol. The Morgan fingerprint density at radius 2 is 2.09 bits per heavy atom. The summed E-state index contributed by atoms with van der Waals surface area (Å²) in [4.78, 5) is 0. The van der Waals surface area contributed by atoms with Gasteiger partial charge in [0, 0.05) is 0 Å². The molecule has 0 saturated heterocycles. The lowest BCUT2D eigenvalue weighted by Gasteiger charge is -2.24. The zero-order valence-electron chi connectivity index (χ0n) is 7.86. The predicted molar refractivity (Wildman–Crippen MR) is 46.3 cm³/mol. The highest BCUT2D eigenvalue weighted by atomic mass is 19.1. The maximum Gasteiger partial charge on any atom is 0.113 e. The molecule has 1 fully saturated rings. The Morgan fingerprint density at radius 3 is 2.45 bits per heavy atom. The van der Waals surface area contributed by atoms with Crippen LogP contribution >= 0.6 is 0 Å². The van der Waals surface area contributed by atoms with Crippen molar-refractivity contribution in [3.05, 3.63) is 0 Å².